The van der Waals surface area contributed by atoms with Gasteiger partial charge < -0.3 is 10.3 Å². The van der Waals surface area contributed by atoms with E-state index in [2.05, 4.69) is 26.1 Å². The van der Waals surface area contributed by atoms with Gasteiger partial charge in [-0.15, -0.1) is 11.3 Å². The number of rotatable bonds is 5. The van der Waals surface area contributed by atoms with Gasteiger partial charge in [-0.2, -0.15) is 5.26 Å². The number of benzene rings is 2. The molecule has 0 fully saturated rings. The zero-order valence-electron chi connectivity index (χ0n) is 17.8. The molecular weight excluding hydrogens is 454 g/mol. The molecule has 3 N–H and O–H groups in total. The fourth-order valence-electron chi connectivity index (χ4n) is 3.87. The molecule has 0 spiro atoms. The van der Waals surface area contributed by atoms with Crippen molar-refractivity contribution >= 4 is 53.9 Å². The molecule has 33 heavy (non-hydrogen) atoms. The lowest BCUT2D eigenvalue weighted by Crippen LogP contribution is -2.18. The molecule has 5 aromatic rings. The van der Waals surface area contributed by atoms with Crippen molar-refractivity contribution in [2.24, 2.45) is 0 Å². The lowest BCUT2D eigenvalue weighted by molar-refractivity contribution is 0.588. The molecule has 0 atom stereocenters. The summed E-state index contributed by atoms with van der Waals surface area (Å²) in [4.78, 5) is 9.69. The largest absolute Gasteiger partial charge is 0.361 e. The van der Waals surface area contributed by atoms with Crippen LogP contribution in [0.5, 0.6) is 0 Å². The summed E-state index contributed by atoms with van der Waals surface area (Å²) in [7, 11) is -2.11. The highest BCUT2D eigenvalue weighted by Gasteiger charge is 2.19. The molecule has 0 aliphatic heterocycles. The Hall–Kier alpha value is -3.71. The second kappa shape index (κ2) is 8.01. The molecule has 7 nitrogen and oxygen atoms in total. The number of H-pyrrole nitrogens is 1. The summed E-state index contributed by atoms with van der Waals surface area (Å²) in [5.74, 6) is 0. The molecule has 0 saturated carbocycles. The highest BCUT2D eigenvalue weighted by molar-refractivity contribution is 7.89. The minimum Gasteiger partial charge on any atom is -0.361 e. The van der Waals surface area contributed by atoms with Gasteiger partial charge in [-0.05, 0) is 61.5 Å². The molecule has 9 heteroatoms. The average Bonchev–Trinajstić information content (AvgIpc) is 3.43. The summed E-state index contributed by atoms with van der Waals surface area (Å²) < 4.78 is 26.4. The summed E-state index contributed by atoms with van der Waals surface area (Å²) in [6.45, 7) is 2.00. The van der Waals surface area contributed by atoms with Gasteiger partial charge in [-0.25, -0.2) is 18.1 Å². The Morgan fingerprint density at radius 3 is 2.64 bits per heavy atom. The van der Waals surface area contributed by atoms with Gasteiger partial charge in [-0.3, -0.25) is 0 Å². The van der Waals surface area contributed by atoms with E-state index in [-0.39, 0.29) is 4.90 Å². The van der Waals surface area contributed by atoms with Crippen molar-refractivity contribution < 1.29 is 8.42 Å². The molecule has 0 saturated heterocycles. The average molecular weight is 474 g/mol. The van der Waals surface area contributed by atoms with E-state index in [1.165, 1.54) is 18.4 Å². The van der Waals surface area contributed by atoms with E-state index in [0.717, 1.165) is 42.8 Å². The number of pyridine rings is 1. The first kappa shape index (κ1) is 21.2. The van der Waals surface area contributed by atoms with Gasteiger partial charge in [-0.1, -0.05) is 12.1 Å². The van der Waals surface area contributed by atoms with Crippen LogP contribution in [0.4, 0.5) is 11.4 Å². The maximum absolute atomic E-state index is 12.1. The van der Waals surface area contributed by atoms with Gasteiger partial charge in [0.1, 0.15) is 10.9 Å². The van der Waals surface area contributed by atoms with E-state index < -0.39 is 10.0 Å². The van der Waals surface area contributed by atoms with Crippen LogP contribution in [0.2, 0.25) is 0 Å². The third-order valence-electron chi connectivity index (χ3n) is 5.60. The lowest BCUT2D eigenvalue weighted by atomic mass is 10.1. The third-order valence-corrected chi connectivity index (χ3v) is 8.28. The smallest absolute Gasteiger partial charge is 0.240 e. The maximum atomic E-state index is 12.1. The van der Waals surface area contributed by atoms with Crippen molar-refractivity contribution in [2.45, 2.75) is 11.8 Å². The van der Waals surface area contributed by atoms with Crippen LogP contribution in [-0.4, -0.2) is 25.4 Å². The van der Waals surface area contributed by atoms with E-state index in [1.54, 1.807) is 30.5 Å². The van der Waals surface area contributed by atoms with E-state index in [1.807, 2.05) is 37.4 Å². The Labute approximate surface area is 194 Å². The summed E-state index contributed by atoms with van der Waals surface area (Å²) in [5, 5.41) is 15.1. The van der Waals surface area contributed by atoms with Gasteiger partial charge in [0.15, 0.2) is 0 Å². The number of aryl methyl sites for hydroxylation is 1. The summed E-state index contributed by atoms with van der Waals surface area (Å²) in [6, 6.07) is 17.0. The van der Waals surface area contributed by atoms with Crippen LogP contribution in [-0.2, 0) is 10.0 Å². The molecule has 3 heterocycles. The molecule has 0 amide bonds. The number of nitrogens with one attached hydrogen (secondary N) is 3. The Kier molecular flexibility index (Phi) is 5.13. The number of nitriles is 1. The summed E-state index contributed by atoms with van der Waals surface area (Å²) >= 11 is 1.51. The molecule has 0 aliphatic rings. The standard InChI is InChI=1S/C24H19N5O2S2/c1-14-21-22(29-18-5-8-20-16(11-18)9-10-27-20)17(12-25)13-28-24(21)32-23(14)15-3-6-19(7-4-15)33(30,31)26-2/h3-11,13,26-27H,1-2H3,(H,28,29). The Balaban J connectivity index is 1.62. The van der Waals surface area contributed by atoms with Crippen molar-refractivity contribution in [2.75, 3.05) is 12.4 Å². The topological polar surface area (TPSA) is 111 Å². The predicted molar refractivity (Wildman–Crippen MR) is 132 cm³/mol. The van der Waals surface area contributed by atoms with Crippen LogP contribution in [0.25, 0.3) is 31.6 Å². The normalized spacial score (nSPS) is 11.7. The van der Waals surface area contributed by atoms with Crippen molar-refractivity contribution in [1.29, 1.82) is 5.26 Å². The second-order valence-corrected chi connectivity index (χ2v) is 10.4. The molecule has 0 bridgehead atoms. The van der Waals surface area contributed by atoms with Gasteiger partial charge in [0.25, 0.3) is 0 Å². The number of nitrogens with zero attached hydrogens (tertiary/aromatic N) is 2. The number of aromatic amines is 1. The van der Waals surface area contributed by atoms with Crippen LogP contribution >= 0.6 is 11.3 Å². The Morgan fingerprint density at radius 2 is 1.91 bits per heavy atom. The number of aromatic nitrogens is 2. The monoisotopic (exact) mass is 473 g/mol. The fourth-order valence-corrected chi connectivity index (χ4v) is 5.77. The number of hydrogen-bond donors (Lipinski definition) is 3. The molecule has 0 radical (unpaired) electrons. The summed E-state index contributed by atoms with van der Waals surface area (Å²) in [5.41, 5.74) is 4.96. The van der Waals surface area contributed by atoms with Gasteiger partial charge in [0.05, 0.1) is 16.1 Å². The van der Waals surface area contributed by atoms with E-state index in [4.69, 9.17) is 0 Å². The molecule has 2 aromatic carbocycles. The first-order valence-corrected chi connectivity index (χ1v) is 12.4. The highest BCUT2D eigenvalue weighted by atomic mass is 32.2. The first-order chi connectivity index (χ1) is 15.9. The highest BCUT2D eigenvalue weighted by Crippen LogP contribution is 2.42. The predicted octanol–water partition coefficient (Wildman–Crippen LogP) is 5.28. The first-order valence-electron chi connectivity index (χ1n) is 10.1. The SMILES string of the molecule is CNS(=O)(=O)c1ccc(-c2sc3ncc(C#N)c(Nc4ccc5[nH]ccc5c4)c3c2C)cc1. The minimum absolute atomic E-state index is 0.208. The molecule has 164 valence electrons. The number of fused-ring (bicyclic) bond motifs is 2. The van der Waals surface area contributed by atoms with Gasteiger partial charge in [0, 0.05) is 39.2 Å². The molecule has 0 unspecified atom stereocenters. The van der Waals surface area contributed by atoms with Gasteiger partial charge in [0.2, 0.25) is 10.0 Å². The van der Waals surface area contributed by atoms with Crippen LogP contribution in [0.1, 0.15) is 11.1 Å². The number of anilines is 2. The van der Waals surface area contributed by atoms with Crippen molar-refractivity contribution in [3.05, 3.63) is 72.1 Å². The number of hydrogen-bond acceptors (Lipinski definition) is 6. The zero-order valence-corrected chi connectivity index (χ0v) is 19.4. The summed E-state index contributed by atoms with van der Waals surface area (Å²) in [6.07, 6.45) is 3.48. The van der Waals surface area contributed by atoms with Crippen LogP contribution < -0.4 is 10.0 Å². The molecular formula is C24H19N5O2S2. The molecule has 5 rings (SSSR count). The number of thiophene rings is 1. The van der Waals surface area contributed by atoms with Crippen LogP contribution in [0, 0.1) is 18.3 Å². The molecule has 0 aliphatic carbocycles. The van der Waals surface area contributed by atoms with Crippen molar-refractivity contribution in [3.63, 3.8) is 0 Å². The second-order valence-electron chi connectivity index (χ2n) is 7.53. The fraction of sp³-hybridized carbons (Fsp3) is 0.0833. The van der Waals surface area contributed by atoms with E-state index in [0.29, 0.717) is 11.3 Å². The quantitative estimate of drug-likeness (QED) is 0.322. The Morgan fingerprint density at radius 1 is 1.12 bits per heavy atom. The zero-order chi connectivity index (χ0) is 23.2. The third kappa shape index (κ3) is 3.64. The van der Waals surface area contributed by atoms with Crippen LogP contribution in [0.15, 0.2) is 65.8 Å². The van der Waals surface area contributed by atoms with Crippen molar-refractivity contribution in [1.82, 2.24) is 14.7 Å². The molecule has 3 aromatic heterocycles. The van der Waals surface area contributed by atoms with E-state index >= 15 is 0 Å². The Bertz CT molecular complexity index is 1660. The van der Waals surface area contributed by atoms with Crippen LogP contribution in [0.3, 0.4) is 0 Å². The van der Waals surface area contributed by atoms with Gasteiger partial charge >= 0.3 is 0 Å². The minimum atomic E-state index is -3.50. The van der Waals surface area contributed by atoms with E-state index in [9.17, 15) is 13.7 Å². The van der Waals surface area contributed by atoms with Crippen molar-refractivity contribution in [3.8, 4) is 16.5 Å². The maximum Gasteiger partial charge on any atom is 0.240 e. The number of sulfonamides is 1. The lowest BCUT2D eigenvalue weighted by Gasteiger charge is -2.11.